The maximum absolute atomic E-state index is 10.2. The summed E-state index contributed by atoms with van der Waals surface area (Å²) >= 11 is 0. The Labute approximate surface area is 115 Å². The number of nitriles is 1. The highest BCUT2D eigenvalue weighted by Crippen LogP contribution is 2.43. The van der Waals surface area contributed by atoms with E-state index in [-0.39, 0.29) is 28.8 Å². The molecule has 3 rings (SSSR count). The van der Waals surface area contributed by atoms with Gasteiger partial charge in [0.1, 0.15) is 23.2 Å². The number of phenols is 1. The highest BCUT2D eigenvalue weighted by atomic mass is 16.3. The number of phenolic OH excluding ortho intramolecular Hbond substituents is 1. The van der Waals surface area contributed by atoms with Gasteiger partial charge in [-0.3, -0.25) is 0 Å². The fourth-order valence-corrected chi connectivity index (χ4v) is 2.22. The van der Waals surface area contributed by atoms with E-state index in [4.69, 9.17) is 16.7 Å². The Balaban J connectivity index is 2.16. The molecule has 1 heterocycles. The van der Waals surface area contributed by atoms with Gasteiger partial charge < -0.3 is 16.6 Å². The van der Waals surface area contributed by atoms with Crippen molar-refractivity contribution in [3.05, 3.63) is 29.3 Å². The van der Waals surface area contributed by atoms with Gasteiger partial charge in [-0.05, 0) is 36.5 Å². The van der Waals surface area contributed by atoms with Crippen LogP contribution in [0.4, 0.5) is 11.8 Å². The first-order chi connectivity index (χ1) is 9.60. The minimum atomic E-state index is -0.0258. The molecule has 6 nitrogen and oxygen atoms in total. The van der Waals surface area contributed by atoms with E-state index in [1.54, 1.807) is 12.1 Å². The lowest BCUT2D eigenvalue weighted by Gasteiger charge is -2.09. The largest absolute Gasteiger partial charge is 0.507 e. The van der Waals surface area contributed by atoms with Crippen LogP contribution in [0.5, 0.6) is 5.75 Å². The van der Waals surface area contributed by atoms with E-state index in [0.717, 1.165) is 18.4 Å². The third-order valence-corrected chi connectivity index (χ3v) is 3.39. The van der Waals surface area contributed by atoms with Crippen molar-refractivity contribution in [1.29, 1.82) is 5.26 Å². The van der Waals surface area contributed by atoms with Gasteiger partial charge in [0.05, 0.1) is 5.69 Å². The minimum Gasteiger partial charge on any atom is -0.507 e. The predicted molar refractivity (Wildman–Crippen MR) is 74.6 cm³/mol. The van der Waals surface area contributed by atoms with Gasteiger partial charge in [-0.15, -0.1) is 0 Å². The lowest BCUT2D eigenvalue weighted by Crippen LogP contribution is -2.05. The molecule has 0 radical (unpaired) electrons. The van der Waals surface area contributed by atoms with Gasteiger partial charge in [0.2, 0.25) is 5.95 Å². The Morgan fingerprint density at radius 3 is 2.60 bits per heavy atom. The summed E-state index contributed by atoms with van der Waals surface area (Å²) in [6.45, 7) is 0. The molecule has 1 aromatic heterocycles. The van der Waals surface area contributed by atoms with Gasteiger partial charge in [0.15, 0.2) is 0 Å². The van der Waals surface area contributed by atoms with Gasteiger partial charge in [0.25, 0.3) is 0 Å². The highest BCUT2D eigenvalue weighted by Gasteiger charge is 2.25. The van der Waals surface area contributed by atoms with Crippen molar-refractivity contribution >= 4 is 11.8 Å². The van der Waals surface area contributed by atoms with Crippen LogP contribution < -0.4 is 11.5 Å². The van der Waals surface area contributed by atoms with Crippen LogP contribution in [0.25, 0.3) is 11.3 Å². The summed E-state index contributed by atoms with van der Waals surface area (Å²) in [4.78, 5) is 7.79. The summed E-state index contributed by atoms with van der Waals surface area (Å²) in [6, 6.07) is 7.33. The molecule has 1 saturated carbocycles. The van der Waals surface area contributed by atoms with Crippen molar-refractivity contribution < 1.29 is 5.11 Å². The molecule has 5 N–H and O–H groups in total. The lowest BCUT2D eigenvalue weighted by atomic mass is 10.0. The molecule has 0 saturated heterocycles. The molecule has 0 unspecified atom stereocenters. The Bertz CT molecular complexity index is 731. The Morgan fingerprint density at radius 1 is 1.25 bits per heavy atom. The third-order valence-electron chi connectivity index (χ3n) is 3.39. The molecular weight excluding hydrogens is 254 g/mol. The molecule has 1 aliphatic rings. The number of anilines is 2. The summed E-state index contributed by atoms with van der Waals surface area (Å²) in [5, 5.41) is 19.3. The molecule has 0 amide bonds. The molecule has 0 spiro atoms. The van der Waals surface area contributed by atoms with Crippen molar-refractivity contribution in [3.63, 3.8) is 0 Å². The van der Waals surface area contributed by atoms with E-state index in [2.05, 4.69) is 9.97 Å². The van der Waals surface area contributed by atoms with Crippen LogP contribution in [0.1, 0.15) is 29.9 Å². The third kappa shape index (κ3) is 1.99. The van der Waals surface area contributed by atoms with Crippen molar-refractivity contribution in [3.8, 4) is 23.1 Å². The second-order valence-electron chi connectivity index (χ2n) is 4.85. The monoisotopic (exact) mass is 267 g/mol. The quantitative estimate of drug-likeness (QED) is 0.762. The van der Waals surface area contributed by atoms with Gasteiger partial charge in [0, 0.05) is 5.56 Å². The number of aromatic hydroxyl groups is 1. The van der Waals surface area contributed by atoms with Crippen LogP contribution in [0.2, 0.25) is 0 Å². The smallest absolute Gasteiger partial charge is 0.222 e. The summed E-state index contributed by atoms with van der Waals surface area (Å²) in [5.74, 6) is 0.595. The Morgan fingerprint density at radius 2 is 2.00 bits per heavy atom. The Kier molecular flexibility index (Phi) is 2.68. The molecule has 6 heteroatoms. The standard InChI is InChI=1S/C14H13N5O/c15-6-10-12(18-14(17)19-13(10)16)9-4-3-8(5-11(9)20)7-1-2-7/h3-5,7,20H,1-2H2,(H4,16,17,18,19). The molecule has 0 atom stereocenters. The number of rotatable bonds is 2. The molecular formula is C14H13N5O. The van der Waals surface area contributed by atoms with Crippen molar-refractivity contribution in [2.45, 2.75) is 18.8 Å². The average Bonchev–Trinajstić information content (AvgIpc) is 3.22. The number of hydrogen-bond donors (Lipinski definition) is 3. The number of aromatic nitrogens is 2. The summed E-state index contributed by atoms with van der Waals surface area (Å²) in [6.07, 6.45) is 2.30. The van der Waals surface area contributed by atoms with Crippen molar-refractivity contribution in [2.24, 2.45) is 0 Å². The van der Waals surface area contributed by atoms with Crippen LogP contribution in [-0.2, 0) is 0 Å². The summed E-state index contributed by atoms with van der Waals surface area (Å²) in [7, 11) is 0. The van der Waals surface area contributed by atoms with Gasteiger partial charge in [-0.2, -0.15) is 10.2 Å². The van der Waals surface area contributed by atoms with Crippen molar-refractivity contribution in [2.75, 3.05) is 11.5 Å². The topological polar surface area (TPSA) is 122 Å². The fraction of sp³-hybridized carbons (Fsp3) is 0.214. The number of hydrogen-bond acceptors (Lipinski definition) is 6. The van der Waals surface area contributed by atoms with Crippen LogP contribution in [0, 0.1) is 11.3 Å². The fourth-order valence-electron chi connectivity index (χ4n) is 2.22. The molecule has 100 valence electrons. The molecule has 0 aliphatic heterocycles. The van der Waals surface area contributed by atoms with Crippen LogP contribution in [0.3, 0.4) is 0 Å². The summed E-state index contributed by atoms with van der Waals surface area (Å²) in [5.41, 5.74) is 13.2. The maximum Gasteiger partial charge on any atom is 0.222 e. The number of nitrogens with two attached hydrogens (primary N) is 2. The normalized spacial score (nSPS) is 13.9. The zero-order valence-electron chi connectivity index (χ0n) is 10.7. The van der Waals surface area contributed by atoms with Gasteiger partial charge in [-0.1, -0.05) is 6.07 Å². The summed E-state index contributed by atoms with van der Waals surface area (Å²) < 4.78 is 0. The first kappa shape index (κ1) is 12.2. The second-order valence-corrected chi connectivity index (χ2v) is 4.85. The number of nitrogens with zero attached hydrogens (tertiary/aromatic N) is 3. The molecule has 0 bridgehead atoms. The minimum absolute atomic E-state index is 0.0145. The molecule has 1 fully saturated rings. The predicted octanol–water partition coefficient (Wildman–Crippen LogP) is 1.76. The number of benzene rings is 1. The van der Waals surface area contributed by atoms with Crippen LogP contribution in [0.15, 0.2) is 18.2 Å². The highest BCUT2D eigenvalue weighted by molar-refractivity contribution is 5.77. The van der Waals surface area contributed by atoms with Crippen LogP contribution in [-0.4, -0.2) is 15.1 Å². The zero-order chi connectivity index (χ0) is 14.3. The van der Waals surface area contributed by atoms with E-state index in [9.17, 15) is 5.11 Å². The molecule has 1 aromatic carbocycles. The van der Waals surface area contributed by atoms with Gasteiger partial charge in [-0.25, -0.2) is 4.98 Å². The number of nitrogen functional groups attached to an aromatic ring is 2. The van der Waals surface area contributed by atoms with E-state index in [1.807, 2.05) is 12.1 Å². The zero-order valence-corrected chi connectivity index (χ0v) is 10.7. The maximum atomic E-state index is 10.2. The molecule has 2 aromatic rings. The van der Waals surface area contributed by atoms with Gasteiger partial charge >= 0.3 is 0 Å². The van der Waals surface area contributed by atoms with E-state index >= 15 is 0 Å². The van der Waals surface area contributed by atoms with Crippen LogP contribution >= 0.6 is 0 Å². The van der Waals surface area contributed by atoms with E-state index < -0.39 is 0 Å². The molecule has 20 heavy (non-hydrogen) atoms. The first-order valence-corrected chi connectivity index (χ1v) is 6.26. The second kappa shape index (κ2) is 4.38. The van der Waals surface area contributed by atoms with E-state index in [0.29, 0.717) is 11.5 Å². The lowest BCUT2D eigenvalue weighted by molar-refractivity contribution is 0.476. The Hall–Kier alpha value is -2.81. The average molecular weight is 267 g/mol. The van der Waals surface area contributed by atoms with Crippen molar-refractivity contribution in [1.82, 2.24) is 9.97 Å². The SMILES string of the molecule is N#Cc1c(N)nc(N)nc1-c1ccc(C2CC2)cc1O. The first-order valence-electron chi connectivity index (χ1n) is 6.26. The van der Waals surface area contributed by atoms with E-state index in [1.165, 1.54) is 0 Å². The molecule has 1 aliphatic carbocycles.